The molecule has 0 saturated heterocycles. The van der Waals surface area contributed by atoms with Crippen LogP contribution in [0.15, 0.2) is 12.2 Å². The van der Waals surface area contributed by atoms with Gasteiger partial charge in [-0.05, 0) is 45.2 Å². The van der Waals surface area contributed by atoms with Crippen molar-refractivity contribution < 1.29 is 19.1 Å². The van der Waals surface area contributed by atoms with Gasteiger partial charge in [0.05, 0.1) is 0 Å². The molecule has 206 valence electrons. The van der Waals surface area contributed by atoms with E-state index in [-0.39, 0.29) is 5.97 Å². The Morgan fingerprint density at radius 3 is 1.80 bits per heavy atom. The normalized spacial score (nSPS) is 11.6. The molecule has 0 N–H and O–H groups in total. The van der Waals surface area contributed by atoms with Gasteiger partial charge in [0.25, 0.3) is 6.47 Å². The number of ether oxygens (including phenoxy) is 2. The van der Waals surface area contributed by atoms with Crippen LogP contribution < -0.4 is 0 Å². The average Bonchev–Trinajstić information content (AvgIpc) is 2.86. The van der Waals surface area contributed by atoms with Crippen LogP contribution >= 0.6 is 0 Å². The van der Waals surface area contributed by atoms with Crippen LogP contribution in [0.5, 0.6) is 0 Å². The second-order valence-corrected chi connectivity index (χ2v) is 9.39. The molecule has 0 heterocycles. The summed E-state index contributed by atoms with van der Waals surface area (Å²) < 4.78 is 10.3. The summed E-state index contributed by atoms with van der Waals surface area (Å²) in [6, 6.07) is 0. The van der Waals surface area contributed by atoms with Crippen LogP contribution in [0, 0.1) is 0 Å². The van der Waals surface area contributed by atoms with Gasteiger partial charge in [0.2, 0.25) is 0 Å². The Morgan fingerprint density at radius 1 is 0.657 bits per heavy atom. The zero-order valence-electron chi connectivity index (χ0n) is 23.3. The highest BCUT2D eigenvalue weighted by atomic mass is 16.5. The third kappa shape index (κ3) is 24.1. The van der Waals surface area contributed by atoms with E-state index in [1.165, 1.54) is 70.6 Å². The molecule has 0 fully saturated rings. The first-order valence-corrected chi connectivity index (χ1v) is 14.5. The predicted octanol–water partition coefficient (Wildman–Crippen LogP) is 6.38. The van der Waals surface area contributed by atoms with Crippen molar-refractivity contribution in [1.29, 1.82) is 0 Å². The summed E-state index contributed by atoms with van der Waals surface area (Å²) in [6.07, 6.45) is 21.5. The minimum Gasteiger partial charge on any atom is -0.467 e. The largest absolute Gasteiger partial charge is 0.467 e. The fraction of sp³-hybridized carbons (Fsp3) is 0.862. The smallest absolute Gasteiger partial charge is 0.305 e. The van der Waals surface area contributed by atoms with Gasteiger partial charge in [-0.25, -0.2) is 0 Å². The number of esters is 1. The molecule has 0 bridgehead atoms. The summed E-state index contributed by atoms with van der Waals surface area (Å²) in [7, 11) is 0. The summed E-state index contributed by atoms with van der Waals surface area (Å²) in [5.41, 5.74) is 0. The fourth-order valence-electron chi connectivity index (χ4n) is 4.09. The first-order valence-electron chi connectivity index (χ1n) is 14.5. The second-order valence-electron chi connectivity index (χ2n) is 9.39. The number of likely N-dealkylation sites (N-methyl/N-ethyl adjacent to an activating group) is 1. The average molecular weight is 497 g/mol. The van der Waals surface area contributed by atoms with Crippen molar-refractivity contribution in [2.75, 3.05) is 52.5 Å². The molecule has 0 radical (unpaired) electrons. The summed E-state index contributed by atoms with van der Waals surface area (Å²) in [5, 5.41) is 0. The maximum Gasteiger partial charge on any atom is 0.305 e. The molecule has 0 amide bonds. The quantitative estimate of drug-likeness (QED) is 0.0569. The third-order valence-corrected chi connectivity index (χ3v) is 6.53. The van der Waals surface area contributed by atoms with E-state index in [4.69, 9.17) is 9.47 Å². The van der Waals surface area contributed by atoms with Gasteiger partial charge >= 0.3 is 5.97 Å². The monoisotopic (exact) mass is 496 g/mol. The number of rotatable bonds is 27. The molecular formula is C29H56N2O4. The van der Waals surface area contributed by atoms with Crippen LogP contribution in [0.4, 0.5) is 0 Å². The minimum absolute atomic E-state index is 0.101. The Morgan fingerprint density at radius 2 is 1.20 bits per heavy atom. The Kier molecular flexibility index (Phi) is 26.1. The molecule has 0 aromatic carbocycles. The molecule has 0 saturated carbocycles. The standard InChI is InChI=1S/C29H56N2O4/c1-4-7-8-9-10-11-12-13-14-15-16-17-18-19-20-21-29(33)35-27-25-31(24-26-34-28-32)23-22-30(5-2)6-3/h13-14,28H,4-12,15-27H2,1-3H3/b14-13-. The van der Waals surface area contributed by atoms with Gasteiger partial charge in [-0.15, -0.1) is 0 Å². The number of hydrogen-bond donors (Lipinski definition) is 0. The Bertz CT molecular complexity index is 495. The number of unbranched alkanes of at least 4 members (excludes halogenated alkanes) is 11. The highest BCUT2D eigenvalue weighted by molar-refractivity contribution is 5.69. The van der Waals surface area contributed by atoms with Crippen LogP contribution in [0.25, 0.3) is 0 Å². The van der Waals surface area contributed by atoms with Crippen molar-refractivity contribution in [1.82, 2.24) is 9.80 Å². The van der Waals surface area contributed by atoms with Crippen LogP contribution in [0.1, 0.15) is 111 Å². The minimum atomic E-state index is -0.101. The van der Waals surface area contributed by atoms with Crippen molar-refractivity contribution in [3.05, 3.63) is 12.2 Å². The van der Waals surface area contributed by atoms with E-state index in [2.05, 4.69) is 42.7 Å². The lowest BCUT2D eigenvalue weighted by Gasteiger charge is -2.25. The molecule has 0 aliphatic heterocycles. The van der Waals surface area contributed by atoms with Crippen molar-refractivity contribution in [3.8, 4) is 0 Å². The summed E-state index contributed by atoms with van der Waals surface area (Å²) in [5.74, 6) is -0.101. The van der Waals surface area contributed by atoms with E-state index < -0.39 is 0 Å². The lowest BCUT2D eigenvalue weighted by Crippen LogP contribution is -2.38. The molecule has 0 aromatic rings. The molecule has 0 aromatic heterocycles. The van der Waals surface area contributed by atoms with Crippen LogP contribution in [0.3, 0.4) is 0 Å². The van der Waals surface area contributed by atoms with E-state index in [0.29, 0.717) is 39.2 Å². The van der Waals surface area contributed by atoms with E-state index in [0.717, 1.165) is 39.0 Å². The molecule has 0 spiro atoms. The molecular weight excluding hydrogens is 440 g/mol. The van der Waals surface area contributed by atoms with Crippen LogP contribution in [-0.4, -0.2) is 74.7 Å². The zero-order chi connectivity index (χ0) is 25.8. The van der Waals surface area contributed by atoms with Crippen LogP contribution in [0.2, 0.25) is 0 Å². The second kappa shape index (κ2) is 27.2. The number of allylic oxidation sites excluding steroid dienone is 2. The van der Waals surface area contributed by atoms with E-state index >= 15 is 0 Å². The van der Waals surface area contributed by atoms with Gasteiger partial charge < -0.3 is 14.4 Å². The zero-order valence-corrected chi connectivity index (χ0v) is 23.3. The lowest BCUT2D eigenvalue weighted by atomic mass is 10.1. The van der Waals surface area contributed by atoms with Crippen molar-refractivity contribution in [2.24, 2.45) is 0 Å². The SMILES string of the molecule is CCCCCCCC/C=C\CCCCCCCC(=O)OCCN(CCOC=O)CCN(CC)CC. The van der Waals surface area contributed by atoms with Crippen molar-refractivity contribution in [2.45, 2.75) is 111 Å². The summed E-state index contributed by atoms with van der Waals surface area (Å²) in [6.45, 7) is 13.0. The van der Waals surface area contributed by atoms with Gasteiger partial charge in [0, 0.05) is 32.6 Å². The Labute approximate surface area is 216 Å². The van der Waals surface area contributed by atoms with E-state index in [1.807, 2.05) is 0 Å². The number of nitrogens with zero attached hydrogens (tertiary/aromatic N) is 2. The Hall–Kier alpha value is -1.40. The maximum atomic E-state index is 12.0. The summed E-state index contributed by atoms with van der Waals surface area (Å²) in [4.78, 5) is 27.0. The molecule has 0 unspecified atom stereocenters. The van der Waals surface area contributed by atoms with Gasteiger partial charge in [-0.2, -0.15) is 0 Å². The fourth-order valence-corrected chi connectivity index (χ4v) is 4.09. The van der Waals surface area contributed by atoms with Crippen LogP contribution in [-0.2, 0) is 19.1 Å². The number of hydrogen-bond acceptors (Lipinski definition) is 6. The number of carbonyl (C=O) groups excluding carboxylic acids is 2. The first-order chi connectivity index (χ1) is 17.2. The molecule has 0 aliphatic carbocycles. The lowest BCUT2D eigenvalue weighted by molar-refractivity contribution is -0.144. The van der Waals surface area contributed by atoms with Crippen molar-refractivity contribution in [3.63, 3.8) is 0 Å². The van der Waals surface area contributed by atoms with Gasteiger partial charge in [0.1, 0.15) is 13.2 Å². The number of carbonyl (C=O) groups is 2. The topological polar surface area (TPSA) is 59.1 Å². The van der Waals surface area contributed by atoms with Gasteiger partial charge in [-0.1, -0.05) is 84.3 Å². The third-order valence-electron chi connectivity index (χ3n) is 6.53. The van der Waals surface area contributed by atoms with Gasteiger partial charge in [0.15, 0.2) is 0 Å². The molecule has 0 rings (SSSR count). The van der Waals surface area contributed by atoms with E-state index in [1.54, 1.807) is 0 Å². The molecule has 0 atom stereocenters. The highest BCUT2D eigenvalue weighted by Crippen LogP contribution is 2.10. The first kappa shape index (κ1) is 33.6. The summed E-state index contributed by atoms with van der Waals surface area (Å²) >= 11 is 0. The van der Waals surface area contributed by atoms with Crippen molar-refractivity contribution >= 4 is 12.4 Å². The molecule has 6 nitrogen and oxygen atoms in total. The van der Waals surface area contributed by atoms with Gasteiger partial charge in [-0.3, -0.25) is 14.5 Å². The Balaban J connectivity index is 3.70. The maximum absolute atomic E-state index is 12.0. The highest BCUT2D eigenvalue weighted by Gasteiger charge is 2.09. The predicted molar refractivity (Wildman–Crippen MR) is 147 cm³/mol. The molecule has 6 heteroatoms. The molecule has 0 aliphatic rings. The molecule has 35 heavy (non-hydrogen) atoms. The van der Waals surface area contributed by atoms with E-state index in [9.17, 15) is 9.59 Å².